The van der Waals surface area contributed by atoms with E-state index in [1.807, 2.05) is 34.6 Å². The lowest BCUT2D eigenvalue weighted by Crippen LogP contribution is -2.42. The van der Waals surface area contributed by atoms with Crippen molar-refractivity contribution in [2.75, 3.05) is 6.54 Å². The summed E-state index contributed by atoms with van der Waals surface area (Å²) in [5, 5.41) is 0. The lowest BCUT2D eigenvalue weighted by molar-refractivity contribution is -0.123. The Balaban J connectivity index is 2.60. The van der Waals surface area contributed by atoms with Crippen LogP contribution in [-0.4, -0.2) is 35.0 Å². The number of ketones is 1. The number of rotatable bonds is 5. The van der Waals surface area contributed by atoms with Crippen LogP contribution in [0.2, 0.25) is 0 Å². The lowest BCUT2D eigenvalue weighted by atomic mass is 10.0. The third-order valence-corrected chi connectivity index (χ3v) is 3.10. The molecule has 1 aliphatic carbocycles. The average Bonchev–Trinajstić information content (AvgIpc) is 3.05. The fraction of sp³-hybridized carbons (Fsp3) is 0.857. The summed E-state index contributed by atoms with van der Waals surface area (Å²) >= 11 is 0. The second-order valence-electron chi connectivity index (χ2n) is 6.12. The summed E-state index contributed by atoms with van der Waals surface area (Å²) in [6.07, 6.45) is 2.41. The molecule has 4 nitrogen and oxygen atoms in total. The number of carbonyl (C=O) groups excluding carboxylic acids is 2. The van der Waals surface area contributed by atoms with Gasteiger partial charge in [0.1, 0.15) is 5.60 Å². The molecule has 1 saturated carbocycles. The summed E-state index contributed by atoms with van der Waals surface area (Å²) < 4.78 is 5.35. The Hall–Kier alpha value is -1.06. The van der Waals surface area contributed by atoms with Gasteiger partial charge in [-0.15, -0.1) is 0 Å². The molecule has 1 amide bonds. The van der Waals surface area contributed by atoms with Gasteiger partial charge < -0.3 is 4.74 Å². The first-order valence-corrected chi connectivity index (χ1v) is 6.77. The molecule has 0 heterocycles. The predicted molar refractivity (Wildman–Crippen MR) is 70.4 cm³/mol. The Bertz CT molecular complexity index is 315. The van der Waals surface area contributed by atoms with Crippen molar-refractivity contribution in [3.8, 4) is 0 Å². The van der Waals surface area contributed by atoms with E-state index in [2.05, 4.69) is 0 Å². The van der Waals surface area contributed by atoms with Crippen molar-refractivity contribution in [1.29, 1.82) is 0 Å². The molecule has 18 heavy (non-hydrogen) atoms. The maximum Gasteiger partial charge on any atom is 0.410 e. The van der Waals surface area contributed by atoms with E-state index in [9.17, 15) is 9.59 Å². The molecule has 0 spiro atoms. The van der Waals surface area contributed by atoms with Crippen LogP contribution in [-0.2, 0) is 9.53 Å². The van der Waals surface area contributed by atoms with Gasteiger partial charge in [-0.05, 0) is 40.0 Å². The number of nitrogens with zero attached hydrogens (tertiary/aromatic N) is 1. The zero-order chi connectivity index (χ0) is 13.9. The maximum atomic E-state index is 12.0. The SMILES string of the molecule is CCC(C)C(=O)CN(C(=O)OC(C)(C)C)C1CC1. The van der Waals surface area contributed by atoms with Gasteiger partial charge in [-0.1, -0.05) is 13.8 Å². The molecule has 0 aromatic heterocycles. The Kier molecular flexibility index (Phi) is 4.77. The minimum atomic E-state index is -0.510. The second-order valence-corrected chi connectivity index (χ2v) is 6.12. The van der Waals surface area contributed by atoms with Crippen molar-refractivity contribution in [1.82, 2.24) is 4.90 Å². The first-order valence-electron chi connectivity index (χ1n) is 6.77. The molecule has 4 heteroatoms. The van der Waals surface area contributed by atoms with Crippen LogP contribution >= 0.6 is 0 Å². The van der Waals surface area contributed by atoms with Gasteiger partial charge in [0.05, 0.1) is 6.54 Å². The molecule has 0 aromatic carbocycles. The number of Topliss-reactive ketones (excluding diaryl/α,β-unsaturated/α-hetero) is 1. The molecular formula is C14H25NO3. The van der Waals surface area contributed by atoms with Gasteiger partial charge in [0.2, 0.25) is 0 Å². The molecule has 1 atom stereocenters. The highest BCUT2D eigenvalue weighted by Gasteiger charge is 2.36. The summed E-state index contributed by atoms with van der Waals surface area (Å²) in [6.45, 7) is 9.60. The van der Waals surface area contributed by atoms with Gasteiger partial charge in [0.25, 0.3) is 0 Å². The number of hydrogen-bond donors (Lipinski definition) is 0. The molecule has 0 aromatic rings. The van der Waals surface area contributed by atoms with Crippen LogP contribution in [0.4, 0.5) is 4.79 Å². The van der Waals surface area contributed by atoms with E-state index >= 15 is 0 Å². The van der Waals surface area contributed by atoms with Gasteiger partial charge in [-0.2, -0.15) is 0 Å². The van der Waals surface area contributed by atoms with Crippen molar-refractivity contribution >= 4 is 11.9 Å². The maximum absolute atomic E-state index is 12.0. The van der Waals surface area contributed by atoms with Crippen molar-refractivity contribution in [3.05, 3.63) is 0 Å². The highest BCUT2D eigenvalue weighted by molar-refractivity contribution is 5.86. The number of hydrogen-bond acceptors (Lipinski definition) is 3. The van der Waals surface area contributed by atoms with Crippen molar-refractivity contribution in [2.24, 2.45) is 5.92 Å². The third-order valence-electron chi connectivity index (χ3n) is 3.10. The highest BCUT2D eigenvalue weighted by atomic mass is 16.6. The summed E-state index contributed by atoms with van der Waals surface area (Å²) in [7, 11) is 0. The van der Waals surface area contributed by atoms with Gasteiger partial charge in [0, 0.05) is 12.0 Å². The van der Waals surface area contributed by atoms with Gasteiger partial charge in [-0.25, -0.2) is 4.79 Å². The summed E-state index contributed by atoms with van der Waals surface area (Å²) in [6, 6.07) is 0.202. The molecule has 0 radical (unpaired) electrons. The number of ether oxygens (including phenoxy) is 1. The van der Waals surface area contributed by atoms with Crippen LogP contribution in [0, 0.1) is 5.92 Å². The van der Waals surface area contributed by atoms with Gasteiger partial charge in [-0.3, -0.25) is 9.69 Å². The van der Waals surface area contributed by atoms with E-state index in [0.717, 1.165) is 19.3 Å². The first kappa shape index (κ1) is 15.0. The summed E-state index contributed by atoms with van der Waals surface area (Å²) in [5.41, 5.74) is -0.510. The van der Waals surface area contributed by atoms with Crippen LogP contribution in [0.5, 0.6) is 0 Å². The first-order chi connectivity index (χ1) is 8.24. The third kappa shape index (κ3) is 4.67. The Labute approximate surface area is 110 Å². The van der Waals surface area contributed by atoms with E-state index in [1.165, 1.54) is 0 Å². The highest BCUT2D eigenvalue weighted by Crippen LogP contribution is 2.28. The zero-order valence-corrected chi connectivity index (χ0v) is 12.2. The minimum absolute atomic E-state index is 0.00804. The molecule has 1 rings (SSSR count). The van der Waals surface area contributed by atoms with E-state index in [1.54, 1.807) is 4.90 Å². The van der Waals surface area contributed by atoms with Crippen LogP contribution in [0.15, 0.2) is 0 Å². The predicted octanol–water partition coefficient (Wildman–Crippen LogP) is 3.00. The smallest absolute Gasteiger partial charge is 0.410 e. The molecule has 0 saturated heterocycles. The summed E-state index contributed by atoms with van der Waals surface area (Å²) in [5.74, 6) is 0.129. The quantitative estimate of drug-likeness (QED) is 0.758. The fourth-order valence-corrected chi connectivity index (χ4v) is 1.60. The molecule has 104 valence electrons. The Morgan fingerprint density at radius 2 is 1.89 bits per heavy atom. The topological polar surface area (TPSA) is 46.6 Å². The van der Waals surface area contributed by atoms with E-state index in [4.69, 9.17) is 4.74 Å². The van der Waals surface area contributed by atoms with Gasteiger partial charge >= 0.3 is 6.09 Å². The molecule has 1 aliphatic rings. The standard InChI is InChI=1S/C14H25NO3/c1-6-10(2)12(16)9-15(11-7-8-11)13(17)18-14(3,4)5/h10-11H,6-9H2,1-5H3. The second kappa shape index (κ2) is 5.72. The van der Waals surface area contributed by atoms with Crippen molar-refractivity contribution in [2.45, 2.75) is 65.5 Å². The van der Waals surface area contributed by atoms with E-state index in [0.29, 0.717) is 0 Å². The molecule has 1 fully saturated rings. The van der Waals surface area contributed by atoms with Gasteiger partial charge in [0.15, 0.2) is 5.78 Å². The minimum Gasteiger partial charge on any atom is -0.444 e. The van der Waals surface area contributed by atoms with Crippen LogP contribution in [0.25, 0.3) is 0 Å². The Morgan fingerprint density at radius 1 is 1.33 bits per heavy atom. The van der Waals surface area contributed by atoms with Crippen LogP contribution in [0.1, 0.15) is 53.9 Å². The fourth-order valence-electron chi connectivity index (χ4n) is 1.60. The molecular weight excluding hydrogens is 230 g/mol. The number of carbonyl (C=O) groups is 2. The lowest BCUT2D eigenvalue weighted by Gasteiger charge is -2.27. The normalized spacial score (nSPS) is 17.2. The van der Waals surface area contributed by atoms with Crippen LogP contribution in [0.3, 0.4) is 0 Å². The molecule has 0 bridgehead atoms. The zero-order valence-electron chi connectivity index (χ0n) is 12.2. The van der Waals surface area contributed by atoms with Crippen LogP contribution < -0.4 is 0 Å². The van der Waals surface area contributed by atoms with E-state index < -0.39 is 5.60 Å². The van der Waals surface area contributed by atoms with Crippen molar-refractivity contribution < 1.29 is 14.3 Å². The summed E-state index contributed by atoms with van der Waals surface area (Å²) in [4.78, 5) is 25.6. The Morgan fingerprint density at radius 3 is 2.28 bits per heavy atom. The molecule has 1 unspecified atom stereocenters. The number of amides is 1. The van der Waals surface area contributed by atoms with Crippen molar-refractivity contribution in [3.63, 3.8) is 0 Å². The monoisotopic (exact) mass is 255 g/mol. The average molecular weight is 255 g/mol. The molecule has 0 aliphatic heterocycles. The van der Waals surface area contributed by atoms with E-state index in [-0.39, 0.29) is 30.4 Å². The molecule has 0 N–H and O–H groups in total. The largest absolute Gasteiger partial charge is 0.444 e.